The highest BCUT2D eigenvalue weighted by atomic mass is 79.9. The van der Waals surface area contributed by atoms with Gasteiger partial charge in [-0.2, -0.15) is 0 Å². The number of hydrogen-bond donors (Lipinski definition) is 0. The van der Waals surface area contributed by atoms with E-state index >= 15 is 0 Å². The van der Waals surface area contributed by atoms with Crippen molar-refractivity contribution in [2.45, 2.75) is 0 Å². The Hall–Kier alpha value is -2.45. The van der Waals surface area contributed by atoms with Gasteiger partial charge in [-0.3, -0.25) is 0 Å². The van der Waals surface area contributed by atoms with Crippen LogP contribution in [-0.4, -0.2) is 4.98 Å². The lowest BCUT2D eigenvalue weighted by Gasteiger charge is -2.10. The minimum atomic E-state index is 0.999. The lowest BCUT2D eigenvalue weighted by atomic mass is 9.98. The second-order valence-electron chi connectivity index (χ2n) is 5.45. The molecular formula is C21H14BrN. The number of para-hydroxylation sites is 1. The van der Waals surface area contributed by atoms with E-state index in [1.807, 2.05) is 30.3 Å². The molecule has 0 fully saturated rings. The molecule has 1 aromatic heterocycles. The van der Waals surface area contributed by atoms with Gasteiger partial charge in [-0.25, -0.2) is 4.98 Å². The average molecular weight is 360 g/mol. The number of pyridine rings is 1. The highest BCUT2D eigenvalue weighted by Gasteiger charge is 2.09. The number of fused-ring (bicyclic) bond motifs is 1. The molecule has 0 unspecified atom stereocenters. The molecule has 0 spiro atoms. The second kappa shape index (κ2) is 5.98. The van der Waals surface area contributed by atoms with E-state index in [9.17, 15) is 0 Å². The first-order valence-electron chi connectivity index (χ1n) is 7.52. The van der Waals surface area contributed by atoms with Gasteiger partial charge in [0.15, 0.2) is 0 Å². The van der Waals surface area contributed by atoms with Gasteiger partial charge in [0.1, 0.15) is 0 Å². The first-order chi connectivity index (χ1) is 11.3. The van der Waals surface area contributed by atoms with Gasteiger partial charge in [0.2, 0.25) is 0 Å². The molecule has 3 aromatic carbocycles. The molecule has 0 radical (unpaired) electrons. The van der Waals surface area contributed by atoms with Crippen LogP contribution in [0.25, 0.3) is 33.3 Å². The Kier molecular flexibility index (Phi) is 3.68. The highest BCUT2D eigenvalue weighted by Crippen LogP contribution is 2.33. The topological polar surface area (TPSA) is 12.9 Å². The number of nitrogens with zero attached hydrogens (tertiary/aromatic N) is 1. The van der Waals surface area contributed by atoms with Crippen molar-refractivity contribution in [3.05, 3.63) is 89.4 Å². The third-order valence-corrected chi connectivity index (χ3v) is 4.41. The Morgan fingerprint density at radius 3 is 2.22 bits per heavy atom. The molecule has 4 rings (SSSR count). The van der Waals surface area contributed by atoms with Crippen LogP contribution in [0.1, 0.15) is 0 Å². The van der Waals surface area contributed by atoms with Crippen molar-refractivity contribution >= 4 is 26.8 Å². The summed E-state index contributed by atoms with van der Waals surface area (Å²) >= 11 is 3.57. The molecule has 0 N–H and O–H groups in total. The third-order valence-electron chi connectivity index (χ3n) is 3.92. The zero-order chi connectivity index (χ0) is 15.6. The van der Waals surface area contributed by atoms with Gasteiger partial charge in [0.05, 0.1) is 11.2 Å². The minimum Gasteiger partial charge on any atom is -0.248 e. The Morgan fingerprint density at radius 2 is 1.39 bits per heavy atom. The maximum Gasteiger partial charge on any atom is 0.0715 e. The van der Waals surface area contributed by atoms with Crippen molar-refractivity contribution in [3.8, 4) is 22.4 Å². The highest BCUT2D eigenvalue weighted by molar-refractivity contribution is 9.10. The van der Waals surface area contributed by atoms with Crippen LogP contribution in [-0.2, 0) is 0 Å². The average Bonchev–Trinajstić information content (AvgIpc) is 2.61. The van der Waals surface area contributed by atoms with Crippen LogP contribution in [0.4, 0.5) is 0 Å². The maximum atomic E-state index is 4.84. The van der Waals surface area contributed by atoms with E-state index in [4.69, 9.17) is 4.98 Å². The van der Waals surface area contributed by atoms with E-state index < -0.39 is 0 Å². The smallest absolute Gasteiger partial charge is 0.0715 e. The molecule has 4 aromatic rings. The van der Waals surface area contributed by atoms with Gasteiger partial charge in [-0.15, -0.1) is 0 Å². The first kappa shape index (κ1) is 14.2. The van der Waals surface area contributed by atoms with Gasteiger partial charge in [0.25, 0.3) is 0 Å². The van der Waals surface area contributed by atoms with Gasteiger partial charge in [-0.05, 0) is 35.4 Å². The maximum absolute atomic E-state index is 4.84. The van der Waals surface area contributed by atoms with Crippen molar-refractivity contribution in [2.75, 3.05) is 0 Å². The van der Waals surface area contributed by atoms with Crippen LogP contribution in [0.2, 0.25) is 0 Å². The second-order valence-corrected chi connectivity index (χ2v) is 6.36. The van der Waals surface area contributed by atoms with Crippen molar-refractivity contribution in [2.24, 2.45) is 0 Å². The Morgan fingerprint density at radius 1 is 0.652 bits per heavy atom. The molecule has 0 amide bonds. The van der Waals surface area contributed by atoms with E-state index in [1.165, 1.54) is 16.5 Å². The summed E-state index contributed by atoms with van der Waals surface area (Å²) in [4.78, 5) is 4.84. The molecule has 0 atom stereocenters. The quantitative estimate of drug-likeness (QED) is 0.407. The SMILES string of the molecule is Brc1cccc(-c2cc(-c3ccccc3)nc3ccccc23)c1. The molecule has 0 aliphatic heterocycles. The first-order valence-corrected chi connectivity index (χ1v) is 8.32. The molecule has 110 valence electrons. The molecule has 0 saturated carbocycles. The van der Waals surface area contributed by atoms with E-state index in [0.717, 1.165) is 21.2 Å². The molecule has 1 heterocycles. The van der Waals surface area contributed by atoms with Gasteiger partial charge >= 0.3 is 0 Å². The summed E-state index contributed by atoms with van der Waals surface area (Å²) in [5.41, 5.74) is 5.54. The largest absolute Gasteiger partial charge is 0.248 e. The number of halogens is 1. The van der Waals surface area contributed by atoms with Gasteiger partial charge in [-0.1, -0.05) is 76.6 Å². The monoisotopic (exact) mass is 359 g/mol. The predicted molar refractivity (Wildman–Crippen MR) is 100 cm³/mol. The standard InChI is InChI=1S/C21H14BrN/c22-17-10-6-9-16(13-17)19-14-21(15-7-2-1-3-8-15)23-20-12-5-4-11-18(19)20/h1-14H. The summed E-state index contributed by atoms with van der Waals surface area (Å²) in [6, 6.07) is 29.2. The summed E-state index contributed by atoms with van der Waals surface area (Å²) in [6.07, 6.45) is 0. The van der Waals surface area contributed by atoms with Crippen LogP contribution in [0.15, 0.2) is 89.4 Å². The van der Waals surface area contributed by atoms with Crippen molar-refractivity contribution in [1.82, 2.24) is 4.98 Å². The lowest BCUT2D eigenvalue weighted by Crippen LogP contribution is -1.89. The summed E-state index contributed by atoms with van der Waals surface area (Å²) in [5, 5.41) is 1.17. The van der Waals surface area contributed by atoms with E-state index in [1.54, 1.807) is 0 Å². The van der Waals surface area contributed by atoms with Crippen LogP contribution in [0.3, 0.4) is 0 Å². The fourth-order valence-corrected chi connectivity index (χ4v) is 3.23. The fraction of sp³-hybridized carbons (Fsp3) is 0. The minimum absolute atomic E-state index is 0.999. The van der Waals surface area contributed by atoms with Crippen molar-refractivity contribution in [3.63, 3.8) is 0 Å². The molecule has 0 bridgehead atoms. The van der Waals surface area contributed by atoms with E-state index in [-0.39, 0.29) is 0 Å². The summed E-state index contributed by atoms with van der Waals surface area (Å²) in [6.45, 7) is 0. The van der Waals surface area contributed by atoms with Crippen LogP contribution < -0.4 is 0 Å². The number of benzene rings is 3. The zero-order valence-electron chi connectivity index (χ0n) is 12.4. The number of hydrogen-bond acceptors (Lipinski definition) is 1. The predicted octanol–water partition coefficient (Wildman–Crippen LogP) is 6.33. The fourth-order valence-electron chi connectivity index (χ4n) is 2.83. The molecule has 2 heteroatoms. The molecule has 0 aliphatic rings. The Labute approximate surface area is 143 Å². The van der Waals surface area contributed by atoms with E-state index in [2.05, 4.69) is 70.5 Å². The third kappa shape index (κ3) is 2.78. The zero-order valence-corrected chi connectivity index (χ0v) is 14.0. The Bertz CT molecular complexity index is 977. The van der Waals surface area contributed by atoms with Gasteiger partial charge < -0.3 is 0 Å². The molecule has 0 saturated heterocycles. The van der Waals surface area contributed by atoms with Crippen molar-refractivity contribution in [1.29, 1.82) is 0 Å². The lowest BCUT2D eigenvalue weighted by molar-refractivity contribution is 1.40. The summed E-state index contributed by atoms with van der Waals surface area (Å²) < 4.78 is 1.08. The van der Waals surface area contributed by atoms with Crippen LogP contribution >= 0.6 is 15.9 Å². The van der Waals surface area contributed by atoms with E-state index in [0.29, 0.717) is 0 Å². The van der Waals surface area contributed by atoms with Crippen molar-refractivity contribution < 1.29 is 0 Å². The Balaban J connectivity index is 2.02. The summed E-state index contributed by atoms with van der Waals surface area (Å²) in [7, 11) is 0. The molecule has 0 aliphatic carbocycles. The molecule has 23 heavy (non-hydrogen) atoms. The normalized spacial score (nSPS) is 10.8. The molecular weight excluding hydrogens is 346 g/mol. The van der Waals surface area contributed by atoms with Crippen LogP contribution in [0, 0.1) is 0 Å². The summed E-state index contributed by atoms with van der Waals surface area (Å²) in [5.74, 6) is 0. The molecule has 1 nitrogen and oxygen atoms in total. The number of rotatable bonds is 2. The van der Waals surface area contributed by atoms with Gasteiger partial charge in [0, 0.05) is 15.4 Å². The number of aromatic nitrogens is 1. The van der Waals surface area contributed by atoms with Crippen LogP contribution in [0.5, 0.6) is 0 Å².